The van der Waals surface area contributed by atoms with E-state index in [-0.39, 0.29) is 45.0 Å². The second kappa shape index (κ2) is 9.95. The molecule has 2 fully saturated rings. The van der Waals surface area contributed by atoms with Gasteiger partial charge in [-0.25, -0.2) is 18.7 Å². The van der Waals surface area contributed by atoms with Gasteiger partial charge in [-0.3, -0.25) is 0 Å². The first kappa shape index (κ1) is 28.9. The third kappa shape index (κ3) is 4.84. The first-order valence-corrected chi connectivity index (χ1v) is 14.0. The quantitative estimate of drug-likeness (QED) is 0.297. The van der Waals surface area contributed by atoms with Gasteiger partial charge in [0.15, 0.2) is 17.4 Å². The van der Waals surface area contributed by atoms with Crippen molar-refractivity contribution in [2.45, 2.75) is 63.2 Å². The molecule has 6 rings (SSSR count). The summed E-state index contributed by atoms with van der Waals surface area (Å²) in [5.41, 5.74) is 4.46. The number of aromatic nitrogens is 2. The first-order valence-electron chi connectivity index (χ1n) is 13.6. The van der Waals surface area contributed by atoms with Crippen molar-refractivity contribution >= 4 is 33.9 Å². The zero-order chi connectivity index (χ0) is 30.3. The van der Waals surface area contributed by atoms with Crippen LogP contribution in [-0.4, -0.2) is 72.1 Å². The van der Waals surface area contributed by atoms with Crippen LogP contribution in [0, 0.1) is 11.6 Å². The number of likely N-dealkylation sites (N-methyl/N-ethyl adjacent to an activating group) is 1. The largest absolute Gasteiger partial charge is 0.573 e. The predicted molar refractivity (Wildman–Crippen MR) is 149 cm³/mol. The third-order valence-corrected chi connectivity index (χ3v) is 8.67. The number of halogens is 6. The number of nitrogen functional groups attached to an aromatic ring is 1. The summed E-state index contributed by atoms with van der Waals surface area (Å²) < 4.78 is 81.9. The molecule has 4 atom stereocenters. The lowest BCUT2D eigenvalue weighted by Gasteiger charge is -2.46. The molecule has 2 aromatic heterocycles. The summed E-state index contributed by atoms with van der Waals surface area (Å²) >= 11 is 6.84. The van der Waals surface area contributed by atoms with Crippen molar-refractivity contribution in [3.05, 3.63) is 34.5 Å². The summed E-state index contributed by atoms with van der Waals surface area (Å²) in [6, 6.07) is 1.48. The zero-order valence-corrected chi connectivity index (χ0v) is 24.1. The molecular formula is C28H30ClF5N6O2. The monoisotopic (exact) mass is 612 g/mol. The molecule has 3 aliphatic heterocycles. The van der Waals surface area contributed by atoms with Gasteiger partial charge in [0.25, 0.3) is 0 Å². The Balaban J connectivity index is 1.66. The summed E-state index contributed by atoms with van der Waals surface area (Å²) in [6.45, 7) is 5.09. The van der Waals surface area contributed by atoms with Gasteiger partial charge in [0.05, 0.1) is 27.7 Å². The molecule has 3 N–H and O–H groups in total. The van der Waals surface area contributed by atoms with Gasteiger partial charge >= 0.3 is 6.36 Å². The second-order valence-electron chi connectivity index (χ2n) is 11.8. The smallest absolute Gasteiger partial charge is 0.472 e. The normalized spacial score (nSPS) is 25.0. The van der Waals surface area contributed by atoms with Crippen LogP contribution in [0.2, 0.25) is 5.02 Å². The summed E-state index contributed by atoms with van der Waals surface area (Å²) in [7, 11) is 3.75. The number of benzene rings is 1. The van der Waals surface area contributed by atoms with Gasteiger partial charge in [-0.15, -0.1) is 13.2 Å². The Morgan fingerprint density at radius 3 is 2.67 bits per heavy atom. The van der Waals surface area contributed by atoms with Crippen LogP contribution in [0.15, 0.2) is 12.1 Å². The van der Waals surface area contributed by atoms with E-state index in [9.17, 15) is 17.6 Å². The number of fused-ring (bicyclic) bond motifs is 5. The van der Waals surface area contributed by atoms with Crippen LogP contribution in [0.3, 0.4) is 0 Å². The van der Waals surface area contributed by atoms with Crippen LogP contribution in [0.1, 0.15) is 32.4 Å². The van der Waals surface area contributed by atoms with Gasteiger partial charge in [0.2, 0.25) is 5.88 Å². The number of nitrogens with one attached hydrogen (secondary N) is 1. The zero-order valence-electron chi connectivity index (χ0n) is 23.4. The number of pyridine rings is 2. The first-order chi connectivity index (χ1) is 19.7. The van der Waals surface area contributed by atoms with E-state index < -0.39 is 41.1 Å². The van der Waals surface area contributed by atoms with Gasteiger partial charge in [0.1, 0.15) is 17.6 Å². The lowest BCUT2D eigenvalue weighted by molar-refractivity contribution is -0.275. The molecule has 0 aliphatic carbocycles. The molecule has 0 saturated carbocycles. The molecule has 14 heteroatoms. The lowest BCUT2D eigenvalue weighted by Crippen LogP contribution is -2.66. The highest BCUT2D eigenvalue weighted by Gasteiger charge is 2.51. The van der Waals surface area contributed by atoms with E-state index in [1.807, 2.05) is 25.9 Å². The highest BCUT2D eigenvalue weighted by Crippen LogP contribution is 2.49. The number of hydrogen-bond donors (Lipinski definition) is 2. The molecular weight excluding hydrogens is 583 g/mol. The van der Waals surface area contributed by atoms with Crippen molar-refractivity contribution in [3.63, 3.8) is 0 Å². The molecule has 226 valence electrons. The van der Waals surface area contributed by atoms with Crippen LogP contribution < -0.4 is 25.4 Å². The Morgan fingerprint density at radius 2 is 1.98 bits per heavy atom. The fraction of sp³-hybridized carbons (Fsp3) is 0.500. The summed E-state index contributed by atoms with van der Waals surface area (Å²) in [5, 5.41) is 3.74. The summed E-state index contributed by atoms with van der Waals surface area (Å²) in [5.74, 6) is -3.39. The lowest BCUT2D eigenvalue weighted by atomic mass is 9.96. The Kier molecular flexibility index (Phi) is 6.86. The van der Waals surface area contributed by atoms with Crippen LogP contribution in [0.25, 0.3) is 22.0 Å². The number of ether oxygens (including phenoxy) is 2. The molecule has 0 spiro atoms. The van der Waals surface area contributed by atoms with E-state index in [0.717, 1.165) is 18.9 Å². The van der Waals surface area contributed by atoms with Crippen molar-refractivity contribution in [1.82, 2.24) is 20.2 Å². The standard InChI is InChI=1S/C28H30ClF5N6O2/c1-12-23-17-5-7-27(2,38-17)11-40(23)25-19-18(20(29)16(36-25)6-8-39(3)4)21(31)22(37-26(19)41-12)14-9-13(35)10-15(30)24(14)42-28(32,33)34/h9-10,12,17,23,38H,5-8,11,35H2,1-4H3/t12-,17-,23+,27+/m0/s1. The highest BCUT2D eigenvalue weighted by atomic mass is 35.5. The number of nitrogens with two attached hydrogens (primary N) is 1. The molecule has 0 unspecified atom stereocenters. The van der Waals surface area contributed by atoms with Crippen LogP contribution in [-0.2, 0) is 6.42 Å². The highest BCUT2D eigenvalue weighted by molar-refractivity contribution is 6.37. The van der Waals surface area contributed by atoms with Gasteiger partial charge in [-0.1, -0.05) is 11.6 Å². The number of piperazine rings is 1. The maximum absolute atomic E-state index is 16.7. The molecule has 0 radical (unpaired) electrons. The Bertz CT molecular complexity index is 1590. The van der Waals surface area contributed by atoms with Crippen LogP contribution >= 0.6 is 11.6 Å². The summed E-state index contributed by atoms with van der Waals surface area (Å²) in [4.78, 5) is 13.3. The van der Waals surface area contributed by atoms with Crippen molar-refractivity contribution in [2.75, 3.05) is 37.8 Å². The van der Waals surface area contributed by atoms with Crippen LogP contribution in [0.5, 0.6) is 11.6 Å². The van der Waals surface area contributed by atoms with E-state index in [0.29, 0.717) is 37.1 Å². The second-order valence-corrected chi connectivity index (χ2v) is 12.2. The average molecular weight is 613 g/mol. The Morgan fingerprint density at radius 1 is 1.24 bits per heavy atom. The number of nitrogens with zero attached hydrogens (tertiary/aromatic N) is 4. The number of alkyl halides is 3. The van der Waals surface area contributed by atoms with Gasteiger partial charge in [0, 0.05) is 48.2 Å². The molecule has 42 heavy (non-hydrogen) atoms. The van der Waals surface area contributed by atoms with E-state index in [2.05, 4.69) is 26.9 Å². The van der Waals surface area contributed by atoms with Gasteiger partial charge < -0.3 is 30.3 Å². The predicted octanol–water partition coefficient (Wildman–Crippen LogP) is 5.29. The van der Waals surface area contributed by atoms with Crippen molar-refractivity contribution in [3.8, 4) is 22.9 Å². The third-order valence-electron chi connectivity index (χ3n) is 8.26. The molecule has 2 bridgehead atoms. The van der Waals surface area contributed by atoms with Crippen LogP contribution in [0.4, 0.5) is 33.5 Å². The van der Waals surface area contributed by atoms with Crippen molar-refractivity contribution in [2.24, 2.45) is 0 Å². The number of anilines is 2. The minimum absolute atomic E-state index is 0.0281. The maximum Gasteiger partial charge on any atom is 0.573 e. The molecule has 5 heterocycles. The topological polar surface area (TPSA) is 88.8 Å². The van der Waals surface area contributed by atoms with Crippen molar-refractivity contribution in [1.29, 1.82) is 0 Å². The summed E-state index contributed by atoms with van der Waals surface area (Å²) in [6.07, 6.45) is -3.57. The number of rotatable bonds is 5. The average Bonchev–Trinajstić information content (AvgIpc) is 3.13. The van der Waals surface area contributed by atoms with Gasteiger partial charge in [-0.2, -0.15) is 0 Å². The Hall–Kier alpha value is -3.16. The molecule has 0 amide bonds. The minimum atomic E-state index is -5.27. The molecule has 3 aliphatic rings. The van der Waals surface area contributed by atoms with E-state index in [1.54, 1.807) is 0 Å². The fourth-order valence-corrected chi connectivity index (χ4v) is 6.81. The van der Waals surface area contributed by atoms with E-state index in [1.165, 1.54) is 0 Å². The SMILES string of the molecule is C[C@@H]1Oc2nc(-c3cc(N)cc(F)c3OC(F)(F)F)c(F)c3c(Cl)c(CCN(C)C)nc(c23)N2C[C@@]3(C)CC[C@H](N3)[C@@H]12. The van der Waals surface area contributed by atoms with E-state index >= 15 is 4.39 Å². The fourth-order valence-electron chi connectivity index (χ4n) is 6.50. The van der Waals surface area contributed by atoms with E-state index in [4.69, 9.17) is 27.1 Å². The van der Waals surface area contributed by atoms with Crippen molar-refractivity contribution < 1.29 is 31.4 Å². The molecule has 3 aromatic rings. The number of hydrogen-bond acceptors (Lipinski definition) is 8. The molecule has 8 nitrogen and oxygen atoms in total. The molecule has 2 saturated heterocycles. The minimum Gasteiger partial charge on any atom is -0.472 e. The maximum atomic E-state index is 16.7. The van der Waals surface area contributed by atoms with Gasteiger partial charge in [-0.05, 0) is 46.9 Å². The molecule has 1 aromatic carbocycles. The Labute approximate surface area is 243 Å².